The van der Waals surface area contributed by atoms with Gasteiger partial charge in [-0.2, -0.15) is 0 Å². The SMILES string of the molecule is COc1cccc2c1ncc1c(=O)n(-c3cccc([N+](=O)[O-])c3)c(=O)n(C3CCCC3)c12. The Morgan fingerprint density at radius 3 is 2.56 bits per heavy atom. The summed E-state index contributed by atoms with van der Waals surface area (Å²) >= 11 is 0. The van der Waals surface area contributed by atoms with Crippen molar-refractivity contribution in [2.45, 2.75) is 31.7 Å². The van der Waals surface area contributed by atoms with Crippen molar-refractivity contribution in [3.63, 3.8) is 0 Å². The molecule has 9 nitrogen and oxygen atoms in total. The summed E-state index contributed by atoms with van der Waals surface area (Å²) in [6.07, 6.45) is 5.06. The van der Waals surface area contributed by atoms with Crippen molar-refractivity contribution in [2.75, 3.05) is 7.11 Å². The number of rotatable bonds is 4. The van der Waals surface area contributed by atoms with Gasteiger partial charge >= 0.3 is 5.69 Å². The summed E-state index contributed by atoms with van der Waals surface area (Å²) < 4.78 is 8.12. The summed E-state index contributed by atoms with van der Waals surface area (Å²) in [5.74, 6) is 0.553. The molecule has 0 unspecified atom stereocenters. The molecule has 162 valence electrons. The van der Waals surface area contributed by atoms with Crippen molar-refractivity contribution in [3.8, 4) is 11.4 Å². The maximum atomic E-state index is 13.8. The van der Waals surface area contributed by atoms with E-state index in [4.69, 9.17) is 4.74 Å². The van der Waals surface area contributed by atoms with Crippen LogP contribution in [0.25, 0.3) is 27.5 Å². The van der Waals surface area contributed by atoms with Gasteiger partial charge in [0, 0.05) is 29.8 Å². The Labute approximate surface area is 181 Å². The van der Waals surface area contributed by atoms with Crippen LogP contribution < -0.4 is 16.0 Å². The van der Waals surface area contributed by atoms with Crippen LogP contribution in [0.15, 0.2) is 58.3 Å². The fourth-order valence-corrected chi connectivity index (χ4v) is 4.65. The lowest BCUT2D eigenvalue weighted by atomic mass is 10.1. The van der Waals surface area contributed by atoms with Gasteiger partial charge in [-0.1, -0.05) is 31.0 Å². The molecule has 32 heavy (non-hydrogen) atoms. The van der Waals surface area contributed by atoms with Crippen molar-refractivity contribution in [2.24, 2.45) is 0 Å². The number of nitro benzene ring substituents is 1. The number of ether oxygens (including phenoxy) is 1. The highest BCUT2D eigenvalue weighted by molar-refractivity contribution is 6.05. The van der Waals surface area contributed by atoms with Crippen molar-refractivity contribution in [3.05, 3.63) is 79.6 Å². The molecule has 1 saturated carbocycles. The van der Waals surface area contributed by atoms with Gasteiger partial charge in [0.05, 0.1) is 28.6 Å². The number of pyridine rings is 1. The first-order valence-electron chi connectivity index (χ1n) is 10.4. The number of nitrogens with zero attached hydrogens (tertiary/aromatic N) is 4. The monoisotopic (exact) mass is 432 g/mol. The maximum absolute atomic E-state index is 13.8. The lowest BCUT2D eigenvalue weighted by molar-refractivity contribution is -0.384. The highest BCUT2D eigenvalue weighted by Gasteiger charge is 2.26. The van der Waals surface area contributed by atoms with E-state index in [-0.39, 0.29) is 22.8 Å². The minimum absolute atomic E-state index is 0.0765. The molecule has 0 amide bonds. The zero-order valence-corrected chi connectivity index (χ0v) is 17.4. The van der Waals surface area contributed by atoms with E-state index >= 15 is 0 Å². The van der Waals surface area contributed by atoms with Gasteiger partial charge in [0.25, 0.3) is 11.2 Å². The molecule has 2 heterocycles. The number of hydrogen-bond acceptors (Lipinski definition) is 6. The second kappa shape index (κ2) is 7.60. The summed E-state index contributed by atoms with van der Waals surface area (Å²) in [5, 5.41) is 12.2. The van der Waals surface area contributed by atoms with Gasteiger partial charge in [0.1, 0.15) is 11.3 Å². The smallest absolute Gasteiger partial charge is 0.336 e. The van der Waals surface area contributed by atoms with Crippen LogP contribution in [0.1, 0.15) is 31.7 Å². The highest BCUT2D eigenvalue weighted by Crippen LogP contribution is 2.34. The Bertz CT molecular complexity index is 1500. The first-order valence-corrected chi connectivity index (χ1v) is 10.4. The van der Waals surface area contributed by atoms with E-state index in [0.29, 0.717) is 22.2 Å². The Morgan fingerprint density at radius 2 is 1.84 bits per heavy atom. The van der Waals surface area contributed by atoms with Crippen LogP contribution in [0.3, 0.4) is 0 Å². The molecule has 0 N–H and O–H groups in total. The van der Waals surface area contributed by atoms with E-state index in [1.165, 1.54) is 30.5 Å². The summed E-state index contributed by atoms with van der Waals surface area (Å²) in [7, 11) is 1.55. The molecular formula is C23H20N4O5. The predicted molar refractivity (Wildman–Crippen MR) is 120 cm³/mol. The van der Waals surface area contributed by atoms with Crippen LogP contribution in [0.5, 0.6) is 5.75 Å². The molecule has 0 bridgehead atoms. The number of benzene rings is 2. The van der Waals surface area contributed by atoms with Gasteiger partial charge in [0.2, 0.25) is 0 Å². The van der Waals surface area contributed by atoms with Gasteiger partial charge in [-0.3, -0.25) is 24.5 Å². The van der Waals surface area contributed by atoms with E-state index in [2.05, 4.69) is 4.98 Å². The van der Waals surface area contributed by atoms with E-state index in [1.807, 2.05) is 6.07 Å². The van der Waals surface area contributed by atoms with Crippen LogP contribution in [0, 0.1) is 10.1 Å². The van der Waals surface area contributed by atoms with Crippen molar-refractivity contribution >= 4 is 27.5 Å². The van der Waals surface area contributed by atoms with Gasteiger partial charge in [-0.15, -0.1) is 0 Å². The topological polar surface area (TPSA) is 109 Å². The predicted octanol–water partition coefficient (Wildman–Crippen LogP) is 3.73. The van der Waals surface area contributed by atoms with Crippen LogP contribution in [0.4, 0.5) is 5.69 Å². The third-order valence-electron chi connectivity index (χ3n) is 6.11. The van der Waals surface area contributed by atoms with Crippen molar-refractivity contribution < 1.29 is 9.66 Å². The molecule has 1 aliphatic carbocycles. The van der Waals surface area contributed by atoms with E-state index in [1.54, 1.807) is 23.8 Å². The number of hydrogen-bond donors (Lipinski definition) is 0. The fraction of sp³-hybridized carbons (Fsp3) is 0.261. The Kier molecular flexibility index (Phi) is 4.73. The summed E-state index contributed by atoms with van der Waals surface area (Å²) in [6, 6.07) is 10.9. The third kappa shape index (κ3) is 2.96. The van der Waals surface area contributed by atoms with Crippen molar-refractivity contribution in [1.82, 2.24) is 14.1 Å². The van der Waals surface area contributed by atoms with Crippen LogP contribution in [-0.2, 0) is 0 Å². The molecule has 2 aromatic heterocycles. The molecule has 0 aliphatic heterocycles. The maximum Gasteiger partial charge on any atom is 0.336 e. The standard InChI is InChI=1S/C23H20N4O5/c1-32-19-11-5-10-17-20(19)24-13-18-21(17)25(14-6-2-3-7-14)23(29)26(22(18)28)15-8-4-9-16(12-15)27(30)31/h4-5,8-14H,2-3,6-7H2,1H3. The second-order valence-corrected chi connectivity index (χ2v) is 7.89. The van der Waals surface area contributed by atoms with E-state index in [9.17, 15) is 19.7 Å². The number of non-ortho nitro benzene ring substituents is 1. The minimum atomic E-state index is -0.558. The minimum Gasteiger partial charge on any atom is -0.494 e. The van der Waals surface area contributed by atoms with Crippen LogP contribution in [-0.4, -0.2) is 26.2 Å². The van der Waals surface area contributed by atoms with Gasteiger partial charge in [-0.05, 0) is 25.0 Å². The number of methoxy groups -OCH3 is 1. The molecule has 0 radical (unpaired) electrons. The van der Waals surface area contributed by atoms with Gasteiger partial charge < -0.3 is 4.74 Å². The highest BCUT2D eigenvalue weighted by atomic mass is 16.6. The quantitative estimate of drug-likeness (QED) is 0.276. The van der Waals surface area contributed by atoms with Crippen LogP contribution >= 0.6 is 0 Å². The Hall–Kier alpha value is -4.01. The molecule has 5 rings (SSSR count). The van der Waals surface area contributed by atoms with Gasteiger partial charge in [-0.25, -0.2) is 9.36 Å². The second-order valence-electron chi connectivity index (χ2n) is 7.89. The Balaban J connectivity index is 1.94. The lowest BCUT2D eigenvalue weighted by Gasteiger charge is -2.20. The molecule has 0 saturated heterocycles. The molecule has 9 heteroatoms. The molecular weight excluding hydrogens is 412 g/mol. The zero-order valence-electron chi connectivity index (χ0n) is 17.4. The summed E-state index contributed by atoms with van der Waals surface area (Å²) in [5.41, 5.74) is -0.00270. The largest absolute Gasteiger partial charge is 0.494 e. The Morgan fingerprint density at radius 1 is 1.09 bits per heavy atom. The molecule has 0 spiro atoms. The van der Waals surface area contributed by atoms with Crippen LogP contribution in [0.2, 0.25) is 0 Å². The normalized spacial score (nSPS) is 14.3. The molecule has 0 atom stereocenters. The summed E-state index contributed by atoms with van der Waals surface area (Å²) in [6.45, 7) is 0. The lowest BCUT2D eigenvalue weighted by Crippen LogP contribution is -2.40. The van der Waals surface area contributed by atoms with Gasteiger partial charge in [0.15, 0.2) is 0 Å². The first-order chi connectivity index (χ1) is 15.5. The number of fused-ring (bicyclic) bond motifs is 3. The average molecular weight is 432 g/mol. The number of para-hydroxylation sites is 1. The van der Waals surface area contributed by atoms with Crippen molar-refractivity contribution in [1.29, 1.82) is 0 Å². The molecule has 4 aromatic rings. The fourth-order valence-electron chi connectivity index (χ4n) is 4.65. The molecule has 1 fully saturated rings. The number of aromatic nitrogens is 3. The number of nitro groups is 1. The first kappa shape index (κ1) is 19.9. The molecule has 2 aromatic carbocycles. The van der Waals surface area contributed by atoms with E-state index in [0.717, 1.165) is 30.3 Å². The average Bonchev–Trinajstić information content (AvgIpc) is 3.33. The zero-order chi connectivity index (χ0) is 22.4. The third-order valence-corrected chi connectivity index (χ3v) is 6.11. The van der Waals surface area contributed by atoms with E-state index < -0.39 is 16.2 Å². The summed E-state index contributed by atoms with van der Waals surface area (Å²) in [4.78, 5) is 42.5. The molecule has 1 aliphatic rings.